The summed E-state index contributed by atoms with van der Waals surface area (Å²) in [4.78, 5) is 15.2. The van der Waals surface area contributed by atoms with E-state index in [4.69, 9.17) is 5.10 Å². The number of hydrogen-bond acceptors (Lipinski definition) is 3. The van der Waals surface area contributed by atoms with E-state index in [2.05, 4.69) is 44.3 Å². The van der Waals surface area contributed by atoms with Crippen LogP contribution in [0.15, 0.2) is 18.2 Å². The van der Waals surface area contributed by atoms with Crippen LogP contribution in [0.4, 0.5) is 0 Å². The van der Waals surface area contributed by atoms with E-state index in [-0.39, 0.29) is 11.9 Å². The van der Waals surface area contributed by atoms with Crippen molar-refractivity contribution in [3.8, 4) is 5.69 Å². The van der Waals surface area contributed by atoms with Gasteiger partial charge >= 0.3 is 0 Å². The van der Waals surface area contributed by atoms with Gasteiger partial charge in [0.2, 0.25) is 0 Å². The van der Waals surface area contributed by atoms with E-state index >= 15 is 0 Å². The van der Waals surface area contributed by atoms with E-state index in [1.807, 2.05) is 9.58 Å². The molecule has 132 valence electrons. The summed E-state index contributed by atoms with van der Waals surface area (Å²) in [6.07, 6.45) is 3.07. The number of aromatic nitrogens is 2. The van der Waals surface area contributed by atoms with E-state index in [9.17, 15) is 4.79 Å². The Morgan fingerprint density at radius 1 is 1.28 bits per heavy atom. The summed E-state index contributed by atoms with van der Waals surface area (Å²) in [6, 6.07) is 6.63. The lowest BCUT2D eigenvalue weighted by molar-refractivity contribution is 0.0648. The van der Waals surface area contributed by atoms with E-state index in [1.54, 1.807) is 0 Å². The second-order valence-corrected chi connectivity index (χ2v) is 7.38. The predicted octanol–water partition coefficient (Wildman–Crippen LogP) is 2.41. The molecule has 1 aromatic heterocycles. The molecule has 5 nitrogen and oxygen atoms in total. The predicted molar refractivity (Wildman–Crippen MR) is 98.4 cm³/mol. The van der Waals surface area contributed by atoms with Gasteiger partial charge in [0.15, 0.2) is 5.69 Å². The van der Waals surface area contributed by atoms with Crippen LogP contribution >= 0.6 is 0 Å². The van der Waals surface area contributed by atoms with Gasteiger partial charge in [0.1, 0.15) is 0 Å². The number of amides is 1. The minimum atomic E-state index is 0.0932. The monoisotopic (exact) mass is 338 g/mol. The van der Waals surface area contributed by atoms with Crippen LogP contribution in [0.2, 0.25) is 0 Å². The van der Waals surface area contributed by atoms with Gasteiger partial charge in [-0.2, -0.15) is 5.10 Å². The molecule has 1 saturated heterocycles. The number of aryl methyl sites for hydroxylation is 2. The average Bonchev–Trinajstić information content (AvgIpc) is 3.18. The Morgan fingerprint density at radius 2 is 2.12 bits per heavy atom. The number of hydrogen-bond donors (Lipinski definition) is 1. The van der Waals surface area contributed by atoms with Crippen LogP contribution in [0.1, 0.15) is 46.2 Å². The first-order valence-electron chi connectivity index (χ1n) is 9.26. The smallest absolute Gasteiger partial charge is 0.274 e. The average molecular weight is 338 g/mol. The van der Waals surface area contributed by atoms with Crippen LogP contribution in [-0.4, -0.2) is 46.3 Å². The molecular weight excluding hydrogens is 312 g/mol. The largest absolute Gasteiger partial charge is 0.332 e. The van der Waals surface area contributed by atoms with Crippen LogP contribution in [0.5, 0.6) is 0 Å². The lowest BCUT2D eigenvalue weighted by Gasteiger charge is -2.33. The molecule has 0 saturated carbocycles. The fourth-order valence-corrected chi connectivity index (χ4v) is 4.13. The zero-order valence-corrected chi connectivity index (χ0v) is 15.3. The summed E-state index contributed by atoms with van der Waals surface area (Å²) in [6.45, 7) is 8.79. The number of rotatable bonds is 2. The summed E-state index contributed by atoms with van der Waals surface area (Å²) in [5, 5.41) is 8.15. The van der Waals surface area contributed by atoms with E-state index < -0.39 is 0 Å². The number of fused-ring (bicyclic) bond motifs is 1. The van der Waals surface area contributed by atoms with Gasteiger partial charge in [0, 0.05) is 36.9 Å². The highest BCUT2D eigenvalue weighted by Gasteiger charge is 2.32. The van der Waals surface area contributed by atoms with Gasteiger partial charge in [0.05, 0.1) is 5.69 Å². The van der Waals surface area contributed by atoms with E-state index in [0.29, 0.717) is 5.69 Å². The Bertz CT molecular complexity index is 823. The van der Waals surface area contributed by atoms with Crippen LogP contribution in [0.3, 0.4) is 0 Å². The molecular formula is C20H26N4O. The maximum atomic E-state index is 13.2. The second-order valence-electron chi connectivity index (χ2n) is 7.38. The number of nitrogens with one attached hydrogen (secondary N) is 1. The normalized spacial score (nSPS) is 20.0. The SMILES string of the molecule is Cc1ccc(-n2nc(C(=O)N3CCNCC3C)c3c2CCC3)c(C)c1. The van der Waals surface area contributed by atoms with Gasteiger partial charge in [-0.05, 0) is 51.7 Å². The van der Waals surface area contributed by atoms with Crippen LogP contribution in [0, 0.1) is 13.8 Å². The van der Waals surface area contributed by atoms with Crippen molar-refractivity contribution in [1.29, 1.82) is 0 Å². The molecule has 4 rings (SSSR count). The topological polar surface area (TPSA) is 50.2 Å². The number of carbonyl (C=O) groups excluding carboxylic acids is 1. The molecule has 5 heteroatoms. The van der Waals surface area contributed by atoms with Crippen molar-refractivity contribution in [1.82, 2.24) is 20.0 Å². The third kappa shape index (κ3) is 2.76. The molecule has 0 spiro atoms. The molecule has 1 N–H and O–H groups in total. The molecule has 1 atom stereocenters. The Balaban J connectivity index is 1.76. The fraction of sp³-hybridized carbons (Fsp3) is 0.500. The van der Waals surface area contributed by atoms with Crippen molar-refractivity contribution in [3.63, 3.8) is 0 Å². The Morgan fingerprint density at radius 3 is 2.88 bits per heavy atom. The molecule has 1 aliphatic carbocycles. The molecule has 2 heterocycles. The van der Waals surface area contributed by atoms with E-state index in [0.717, 1.165) is 50.1 Å². The zero-order valence-electron chi connectivity index (χ0n) is 15.3. The summed E-state index contributed by atoms with van der Waals surface area (Å²) >= 11 is 0. The molecule has 1 aliphatic heterocycles. The minimum absolute atomic E-state index is 0.0932. The Labute approximate surface area is 149 Å². The molecule has 1 amide bonds. The highest BCUT2D eigenvalue weighted by Crippen LogP contribution is 2.30. The third-order valence-electron chi connectivity index (χ3n) is 5.48. The van der Waals surface area contributed by atoms with Crippen LogP contribution < -0.4 is 5.32 Å². The maximum absolute atomic E-state index is 13.2. The van der Waals surface area contributed by atoms with Crippen molar-refractivity contribution >= 4 is 5.91 Å². The lowest BCUT2D eigenvalue weighted by atomic mass is 10.1. The van der Waals surface area contributed by atoms with E-state index in [1.165, 1.54) is 16.8 Å². The molecule has 0 radical (unpaired) electrons. The molecule has 25 heavy (non-hydrogen) atoms. The van der Waals surface area contributed by atoms with Gasteiger partial charge in [0.25, 0.3) is 5.91 Å². The third-order valence-corrected chi connectivity index (χ3v) is 5.48. The van der Waals surface area contributed by atoms with Gasteiger partial charge in [-0.15, -0.1) is 0 Å². The van der Waals surface area contributed by atoms with Crippen LogP contribution in [0.25, 0.3) is 5.69 Å². The van der Waals surface area contributed by atoms with Crippen molar-refractivity contribution in [2.24, 2.45) is 0 Å². The first-order valence-corrected chi connectivity index (χ1v) is 9.26. The zero-order chi connectivity index (χ0) is 17.6. The summed E-state index contributed by atoms with van der Waals surface area (Å²) in [5.41, 5.74) is 6.59. The molecule has 2 aromatic rings. The minimum Gasteiger partial charge on any atom is -0.332 e. The lowest BCUT2D eigenvalue weighted by Crippen LogP contribution is -2.52. The van der Waals surface area contributed by atoms with Crippen molar-refractivity contribution in [3.05, 3.63) is 46.3 Å². The molecule has 2 aliphatic rings. The highest BCUT2D eigenvalue weighted by atomic mass is 16.2. The van der Waals surface area contributed by atoms with Crippen molar-refractivity contribution in [2.75, 3.05) is 19.6 Å². The summed E-state index contributed by atoms with van der Waals surface area (Å²) in [5.74, 6) is 0.0932. The fourth-order valence-electron chi connectivity index (χ4n) is 4.13. The van der Waals surface area contributed by atoms with Crippen molar-refractivity contribution in [2.45, 2.75) is 46.1 Å². The number of benzene rings is 1. The quantitative estimate of drug-likeness (QED) is 0.915. The Hall–Kier alpha value is -2.14. The maximum Gasteiger partial charge on any atom is 0.274 e. The Kier molecular flexibility index (Phi) is 4.12. The highest BCUT2D eigenvalue weighted by molar-refractivity contribution is 5.94. The standard InChI is InChI=1S/C20H26N4O/c1-13-7-8-17(14(2)11-13)24-18-6-4-5-16(18)19(22-24)20(25)23-10-9-21-12-15(23)3/h7-8,11,15,21H,4-6,9-10,12H2,1-3H3. The van der Waals surface area contributed by atoms with Gasteiger partial charge in [-0.3, -0.25) is 4.79 Å². The molecule has 0 bridgehead atoms. The van der Waals surface area contributed by atoms with Gasteiger partial charge in [-0.1, -0.05) is 17.7 Å². The molecule has 1 unspecified atom stereocenters. The van der Waals surface area contributed by atoms with Crippen molar-refractivity contribution < 1.29 is 4.79 Å². The number of carbonyl (C=O) groups is 1. The molecule has 1 aromatic carbocycles. The first kappa shape index (κ1) is 16.3. The number of nitrogens with zero attached hydrogens (tertiary/aromatic N) is 3. The summed E-state index contributed by atoms with van der Waals surface area (Å²) in [7, 11) is 0. The number of piperazine rings is 1. The summed E-state index contributed by atoms with van der Waals surface area (Å²) < 4.78 is 2.03. The van der Waals surface area contributed by atoms with Crippen LogP contribution in [-0.2, 0) is 12.8 Å². The first-order chi connectivity index (χ1) is 12.1. The van der Waals surface area contributed by atoms with Gasteiger partial charge < -0.3 is 10.2 Å². The second kappa shape index (κ2) is 6.30. The molecule has 1 fully saturated rings. The van der Waals surface area contributed by atoms with Gasteiger partial charge in [-0.25, -0.2) is 4.68 Å².